The summed E-state index contributed by atoms with van der Waals surface area (Å²) in [6.45, 7) is 7.24. The Bertz CT molecular complexity index is 450. The van der Waals surface area contributed by atoms with E-state index in [4.69, 9.17) is 0 Å². The summed E-state index contributed by atoms with van der Waals surface area (Å²) in [4.78, 5) is 4.41. The van der Waals surface area contributed by atoms with E-state index in [-0.39, 0.29) is 0 Å². The molecule has 0 bridgehead atoms. The van der Waals surface area contributed by atoms with Gasteiger partial charge in [-0.15, -0.1) is 0 Å². The number of aryl methyl sites for hydroxylation is 3. The number of hydrogen-bond acceptors (Lipinski definition) is 1. The first-order chi connectivity index (χ1) is 7.18. The standard InChI is InChI=1S/C13H16N2/c1-10-5-4-8-14-13(10)9-15-11(2)6-7-12(15)3/h4-8H,9H2,1-3H3. The van der Waals surface area contributed by atoms with Gasteiger partial charge in [0, 0.05) is 17.6 Å². The summed E-state index contributed by atoms with van der Waals surface area (Å²) in [5, 5.41) is 0. The first-order valence-corrected chi connectivity index (χ1v) is 5.21. The monoisotopic (exact) mass is 200 g/mol. The SMILES string of the molecule is Cc1cccnc1Cn1c(C)ccc1C. The van der Waals surface area contributed by atoms with Crippen molar-refractivity contribution in [2.24, 2.45) is 0 Å². The molecule has 0 aliphatic heterocycles. The molecule has 2 rings (SSSR count). The summed E-state index contributed by atoms with van der Waals surface area (Å²) < 4.78 is 2.29. The van der Waals surface area contributed by atoms with E-state index in [1.807, 2.05) is 12.3 Å². The van der Waals surface area contributed by atoms with Crippen molar-refractivity contribution in [3.63, 3.8) is 0 Å². The summed E-state index contributed by atoms with van der Waals surface area (Å²) in [5.41, 5.74) is 4.99. The number of pyridine rings is 1. The lowest BCUT2D eigenvalue weighted by atomic mass is 10.2. The minimum atomic E-state index is 0.872. The van der Waals surface area contributed by atoms with E-state index in [9.17, 15) is 0 Å². The van der Waals surface area contributed by atoms with Gasteiger partial charge in [-0.25, -0.2) is 0 Å². The van der Waals surface area contributed by atoms with E-state index in [1.54, 1.807) is 0 Å². The molecule has 0 aliphatic carbocycles. The molecule has 2 heterocycles. The van der Waals surface area contributed by atoms with Crippen LogP contribution in [0, 0.1) is 20.8 Å². The van der Waals surface area contributed by atoms with Gasteiger partial charge in [-0.2, -0.15) is 0 Å². The zero-order valence-corrected chi connectivity index (χ0v) is 9.49. The molecule has 15 heavy (non-hydrogen) atoms. The lowest BCUT2D eigenvalue weighted by Gasteiger charge is -2.10. The van der Waals surface area contributed by atoms with Crippen LogP contribution >= 0.6 is 0 Å². The Morgan fingerprint density at radius 2 is 1.73 bits per heavy atom. The highest BCUT2D eigenvalue weighted by Gasteiger charge is 2.04. The van der Waals surface area contributed by atoms with Crippen molar-refractivity contribution in [3.05, 3.63) is 53.1 Å². The second kappa shape index (κ2) is 3.89. The van der Waals surface area contributed by atoms with Crippen LogP contribution in [-0.2, 0) is 6.54 Å². The van der Waals surface area contributed by atoms with Gasteiger partial charge in [-0.1, -0.05) is 6.07 Å². The molecule has 2 aromatic heterocycles. The number of hydrogen-bond donors (Lipinski definition) is 0. The fourth-order valence-electron chi connectivity index (χ4n) is 1.78. The first kappa shape index (κ1) is 9.97. The van der Waals surface area contributed by atoms with Crippen LogP contribution in [0.2, 0.25) is 0 Å². The van der Waals surface area contributed by atoms with Crippen LogP contribution in [0.25, 0.3) is 0 Å². The molecule has 0 radical (unpaired) electrons. The summed E-state index contributed by atoms with van der Waals surface area (Å²) in [5.74, 6) is 0. The third-order valence-electron chi connectivity index (χ3n) is 2.84. The molecule has 0 spiro atoms. The zero-order valence-electron chi connectivity index (χ0n) is 9.49. The Kier molecular flexibility index (Phi) is 2.58. The highest BCUT2D eigenvalue weighted by molar-refractivity contribution is 5.21. The van der Waals surface area contributed by atoms with Crippen LogP contribution in [0.15, 0.2) is 30.5 Å². The highest BCUT2D eigenvalue weighted by atomic mass is 15.0. The van der Waals surface area contributed by atoms with Crippen molar-refractivity contribution >= 4 is 0 Å². The van der Waals surface area contributed by atoms with Crippen molar-refractivity contribution in [1.29, 1.82) is 0 Å². The summed E-state index contributed by atoms with van der Waals surface area (Å²) in [6, 6.07) is 8.38. The van der Waals surface area contributed by atoms with Gasteiger partial charge in [0.2, 0.25) is 0 Å². The van der Waals surface area contributed by atoms with Crippen LogP contribution < -0.4 is 0 Å². The lowest BCUT2D eigenvalue weighted by Crippen LogP contribution is -2.06. The molecule has 0 saturated carbocycles. The van der Waals surface area contributed by atoms with Crippen LogP contribution in [0.5, 0.6) is 0 Å². The highest BCUT2D eigenvalue weighted by Crippen LogP contribution is 2.12. The van der Waals surface area contributed by atoms with Crippen molar-refractivity contribution in [2.45, 2.75) is 27.3 Å². The molecule has 0 saturated heterocycles. The zero-order chi connectivity index (χ0) is 10.8. The Morgan fingerprint density at radius 1 is 1.07 bits per heavy atom. The molecular formula is C13H16N2. The van der Waals surface area contributed by atoms with E-state index in [0.29, 0.717) is 0 Å². The fourth-order valence-corrected chi connectivity index (χ4v) is 1.78. The molecule has 0 aromatic carbocycles. The fraction of sp³-hybridized carbons (Fsp3) is 0.308. The van der Waals surface area contributed by atoms with Gasteiger partial charge in [0.1, 0.15) is 0 Å². The Labute approximate surface area is 90.6 Å². The number of rotatable bonds is 2. The molecule has 0 fully saturated rings. The molecular weight excluding hydrogens is 184 g/mol. The maximum absolute atomic E-state index is 4.41. The van der Waals surface area contributed by atoms with Gasteiger partial charge in [-0.05, 0) is 44.5 Å². The van der Waals surface area contributed by atoms with Crippen molar-refractivity contribution in [3.8, 4) is 0 Å². The Balaban J connectivity index is 2.34. The third kappa shape index (κ3) is 1.94. The maximum atomic E-state index is 4.41. The summed E-state index contributed by atoms with van der Waals surface area (Å²) >= 11 is 0. The quantitative estimate of drug-likeness (QED) is 0.729. The van der Waals surface area contributed by atoms with E-state index in [1.165, 1.54) is 17.0 Å². The summed E-state index contributed by atoms with van der Waals surface area (Å²) in [6.07, 6.45) is 1.86. The second-order valence-corrected chi connectivity index (χ2v) is 3.97. The third-order valence-corrected chi connectivity index (χ3v) is 2.84. The van der Waals surface area contributed by atoms with Gasteiger partial charge in [0.25, 0.3) is 0 Å². The normalized spacial score (nSPS) is 10.6. The maximum Gasteiger partial charge on any atom is 0.0650 e. The Hall–Kier alpha value is -1.57. The average Bonchev–Trinajstić information content (AvgIpc) is 2.53. The van der Waals surface area contributed by atoms with Crippen LogP contribution in [0.1, 0.15) is 22.6 Å². The number of aromatic nitrogens is 2. The second-order valence-electron chi connectivity index (χ2n) is 3.97. The number of nitrogens with zero attached hydrogens (tertiary/aromatic N) is 2. The predicted octanol–water partition coefficient (Wildman–Crippen LogP) is 2.86. The molecule has 78 valence electrons. The largest absolute Gasteiger partial charge is 0.343 e. The van der Waals surface area contributed by atoms with Crippen molar-refractivity contribution in [2.75, 3.05) is 0 Å². The molecule has 0 atom stereocenters. The Morgan fingerprint density at radius 3 is 2.33 bits per heavy atom. The smallest absolute Gasteiger partial charge is 0.0650 e. The van der Waals surface area contributed by atoms with Crippen LogP contribution in [0.3, 0.4) is 0 Å². The van der Waals surface area contributed by atoms with E-state index in [0.717, 1.165) is 12.2 Å². The molecule has 0 N–H and O–H groups in total. The van der Waals surface area contributed by atoms with Gasteiger partial charge in [0.15, 0.2) is 0 Å². The van der Waals surface area contributed by atoms with Crippen LogP contribution in [0.4, 0.5) is 0 Å². The summed E-state index contributed by atoms with van der Waals surface area (Å²) in [7, 11) is 0. The van der Waals surface area contributed by atoms with Crippen molar-refractivity contribution in [1.82, 2.24) is 9.55 Å². The van der Waals surface area contributed by atoms with Gasteiger partial charge in [0.05, 0.1) is 12.2 Å². The minimum absolute atomic E-state index is 0.872. The average molecular weight is 200 g/mol. The molecule has 0 unspecified atom stereocenters. The molecule has 0 amide bonds. The van der Waals surface area contributed by atoms with Crippen molar-refractivity contribution < 1.29 is 0 Å². The van der Waals surface area contributed by atoms with Gasteiger partial charge < -0.3 is 4.57 Å². The van der Waals surface area contributed by atoms with E-state index in [2.05, 4.69) is 48.5 Å². The minimum Gasteiger partial charge on any atom is -0.343 e. The first-order valence-electron chi connectivity index (χ1n) is 5.21. The van der Waals surface area contributed by atoms with E-state index >= 15 is 0 Å². The molecule has 0 aliphatic rings. The van der Waals surface area contributed by atoms with Gasteiger partial charge in [-0.3, -0.25) is 4.98 Å². The molecule has 2 heteroatoms. The lowest BCUT2D eigenvalue weighted by molar-refractivity contribution is 0.726. The molecule has 2 nitrogen and oxygen atoms in total. The topological polar surface area (TPSA) is 17.8 Å². The van der Waals surface area contributed by atoms with E-state index < -0.39 is 0 Å². The predicted molar refractivity (Wildman–Crippen MR) is 62.0 cm³/mol. The molecule has 2 aromatic rings. The van der Waals surface area contributed by atoms with Crippen LogP contribution in [-0.4, -0.2) is 9.55 Å². The van der Waals surface area contributed by atoms with Gasteiger partial charge >= 0.3 is 0 Å².